The van der Waals surface area contributed by atoms with Crippen LogP contribution in [0.25, 0.3) is 0 Å². The van der Waals surface area contributed by atoms with E-state index in [4.69, 9.17) is 14.2 Å². The largest absolute Gasteiger partial charge is 0.477 e. The number of allylic oxidation sites excluding steroid dienone is 8. The van der Waals surface area contributed by atoms with E-state index in [1.807, 2.05) is 33.3 Å². The monoisotopic (exact) mass is 634 g/mol. The highest BCUT2D eigenvalue weighted by atomic mass is 16.6. The molecule has 1 N–H and O–H groups in total. The van der Waals surface area contributed by atoms with E-state index in [1.165, 1.54) is 25.7 Å². The molecule has 0 fully saturated rings. The molecule has 0 aliphatic heterocycles. The Labute approximate surface area is 274 Å². The molecule has 0 aromatic carbocycles. The van der Waals surface area contributed by atoms with Crippen molar-refractivity contribution in [2.75, 3.05) is 41.0 Å². The topological polar surface area (TPSA) is 99.1 Å². The number of carbonyl (C=O) groups excluding carboxylic acids is 2. The second kappa shape index (κ2) is 28.7. The fourth-order valence-electron chi connectivity index (χ4n) is 4.60. The lowest BCUT2D eigenvalue weighted by molar-refractivity contribution is -0.887. The SMILES string of the molecule is CC/C=C/C/C=C/CCCCCCCCCC(=O)OC(COCCC(C(=O)O)[N+](C)(C)C)COC(=O)CC/C=C/C/C=C/CC. The normalized spacial score (nSPS) is 13.7. The molecule has 45 heavy (non-hydrogen) atoms. The Kier molecular flexibility index (Phi) is 27.0. The maximum atomic E-state index is 12.6. The Bertz CT molecular complexity index is 886. The molecule has 0 aliphatic rings. The zero-order valence-electron chi connectivity index (χ0n) is 29.1. The van der Waals surface area contributed by atoms with Gasteiger partial charge in [-0.1, -0.05) is 94.6 Å². The van der Waals surface area contributed by atoms with Gasteiger partial charge in [-0.15, -0.1) is 0 Å². The maximum absolute atomic E-state index is 12.6. The van der Waals surface area contributed by atoms with Gasteiger partial charge in [0.15, 0.2) is 12.1 Å². The molecule has 0 aromatic rings. The molecular weight excluding hydrogens is 570 g/mol. The number of rotatable bonds is 29. The summed E-state index contributed by atoms with van der Waals surface area (Å²) in [5.74, 6) is -1.58. The molecule has 0 bridgehead atoms. The smallest absolute Gasteiger partial charge is 0.362 e. The quantitative estimate of drug-likeness (QED) is 0.0384. The van der Waals surface area contributed by atoms with Gasteiger partial charge in [-0.05, 0) is 51.4 Å². The first-order valence-electron chi connectivity index (χ1n) is 17.2. The number of carbonyl (C=O) groups is 3. The van der Waals surface area contributed by atoms with E-state index in [0.717, 1.165) is 51.4 Å². The van der Waals surface area contributed by atoms with Crippen LogP contribution in [0.5, 0.6) is 0 Å². The second-order valence-corrected chi connectivity index (χ2v) is 12.4. The number of esters is 2. The molecule has 258 valence electrons. The van der Waals surface area contributed by atoms with Gasteiger partial charge < -0.3 is 23.8 Å². The number of quaternary nitrogens is 1. The predicted molar refractivity (Wildman–Crippen MR) is 183 cm³/mol. The van der Waals surface area contributed by atoms with Crippen LogP contribution < -0.4 is 0 Å². The number of unbranched alkanes of at least 4 members (excludes halogenated alkanes) is 7. The third kappa shape index (κ3) is 27.3. The van der Waals surface area contributed by atoms with Crippen molar-refractivity contribution in [1.29, 1.82) is 0 Å². The average molecular weight is 635 g/mol. The predicted octanol–water partition coefficient (Wildman–Crippen LogP) is 8.12. The Morgan fingerprint density at radius 3 is 1.80 bits per heavy atom. The summed E-state index contributed by atoms with van der Waals surface area (Å²) in [6.07, 6.45) is 30.5. The molecule has 2 unspecified atom stereocenters. The number of hydrogen-bond acceptors (Lipinski definition) is 6. The fraction of sp³-hybridized carbons (Fsp3) is 0.703. The van der Waals surface area contributed by atoms with Crippen molar-refractivity contribution in [1.82, 2.24) is 0 Å². The third-order valence-corrected chi connectivity index (χ3v) is 7.24. The van der Waals surface area contributed by atoms with Gasteiger partial charge in [0.1, 0.15) is 6.61 Å². The summed E-state index contributed by atoms with van der Waals surface area (Å²) in [6.45, 7) is 4.37. The lowest BCUT2D eigenvalue weighted by Gasteiger charge is -2.31. The first-order valence-corrected chi connectivity index (χ1v) is 17.2. The van der Waals surface area contributed by atoms with Crippen LogP contribution in [0.15, 0.2) is 48.6 Å². The van der Waals surface area contributed by atoms with Gasteiger partial charge in [0, 0.05) is 19.3 Å². The van der Waals surface area contributed by atoms with Crippen LogP contribution in [-0.4, -0.2) is 80.6 Å². The Hall–Kier alpha value is -2.71. The minimum absolute atomic E-state index is 0.0385. The molecular formula is C37H64NO7+. The van der Waals surface area contributed by atoms with Crippen molar-refractivity contribution in [3.63, 3.8) is 0 Å². The van der Waals surface area contributed by atoms with E-state index in [-0.39, 0.29) is 42.7 Å². The number of nitrogens with zero attached hydrogens (tertiary/aromatic N) is 1. The van der Waals surface area contributed by atoms with Crippen LogP contribution in [0.3, 0.4) is 0 Å². The van der Waals surface area contributed by atoms with E-state index >= 15 is 0 Å². The average Bonchev–Trinajstić information content (AvgIpc) is 2.98. The van der Waals surface area contributed by atoms with Crippen molar-refractivity contribution in [2.24, 2.45) is 0 Å². The van der Waals surface area contributed by atoms with Crippen LogP contribution in [0, 0.1) is 0 Å². The highest BCUT2D eigenvalue weighted by Crippen LogP contribution is 2.12. The maximum Gasteiger partial charge on any atom is 0.362 e. The third-order valence-electron chi connectivity index (χ3n) is 7.24. The van der Waals surface area contributed by atoms with E-state index in [2.05, 4.69) is 50.3 Å². The number of hydrogen-bond donors (Lipinski definition) is 1. The molecule has 0 heterocycles. The summed E-state index contributed by atoms with van der Waals surface area (Å²) >= 11 is 0. The van der Waals surface area contributed by atoms with E-state index in [9.17, 15) is 19.5 Å². The van der Waals surface area contributed by atoms with E-state index < -0.39 is 18.1 Å². The number of ether oxygens (including phenoxy) is 3. The van der Waals surface area contributed by atoms with Crippen molar-refractivity contribution >= 4 is 17.9 Å². The van der Waals surface area contributed by atoms with Crippen LogP contribution in [-0.2, 0) is 28.6 Å². The van der Waals surface area contributed by atoms with E-state index in [0.29, 0.717) is 19.3 Å². The van der Waals surface area contributed by atoms with Crippen molar-refractivity contribution in [2.45, 2.75) is 129 Å². The molecule has 2 atom stereocenters. The number of carboxylic acids is 1. The molecule has 0 aromatic heterocycles. The van der Waals surface area contributed by atoms with Crippen LogP contribution >= 0.6 is 0 Å². The van der Waals surface area contributed by atoms with Gasteiger partial charge in [0.25, 0.3) is 0 Å². The molecule has 0 amide bonds. The number of likely N-dealkylation sites (N-methyl/N-ethyl adjacent to an activating group) is 1. The highest BCUT2D eigenvalue weighted by Gasteiger charge is 2.31. The van der Waals surface area contributed by atoms with Gasteiger partial charge >= 0.3 is 17.9 Å². The van der Waals surface area contributed by atoms with Gasteiger partial charge in [-0.3, -0.25) is 9.59 Å². The first kappa shape index (κ1) is 42.3. The Balaban J connectivity index is 4.49. The molecule has 8 heteroatoms. The second-order valence-electron chi connectivity index (χ2n) is 12.4. The van der Waals surface area contributed by atoms with E-state index in [1.54, 1.807) is 0 Å². The lowest BCUT2D eigenvalue weighted by atomic mass is 10.1. The van der Waals surface area contributed by atoms with Gasteiger partial charge in [0.05, 0.1) is 34.4 Å². The first-order chi connectivity index (χ1) is 21.6. The highest BCUT2D eigenvalue weighted by molar-refractivity contribution is 5.72. The summed E-state index contributed by atoms with van der Waals surface area (Å²) in [4.78, 5) is 36.5. The van der Waals surface area contributed by atoms with Crippen LogP contribution in [0.2, 0.25) is 0 Å². The summed E-state index contributed by atoms with van der Waals surface area (Å²) < 4.78 is 17.0. The number of carboxylic acid groups (broad SMARTS) is 1. The summed E-state index contributed by atoms with van der Waals surface area (Å²) in [6, 6.07) is -0.621. The zero-order chi connectivity index (χ0) is 33.6. The summed E-state index contributed by atoms with van der Waals surface area (Å²) in [5, 5.41) is 9.54. The Morgan fingerprint density at radius 2 is 1.22 bits per heavy atom. The number of aliphatic carboxylic acids is 1. The molecule has 0 radical (unpaired) electrons. The van der Waals surface area contributed by atoms with Crippen molar-refractivity contribution in [3.8, 4) is 0 Å². The van der Waals surface area contributed by atoms with Gasteiger partial charge in [-0.25, -0.2) is 4.79 Å². The molecule has 8 nitrogen and oxygen atoms in total. The van der Waals surface area contributed by atoms with Crippen LogP contribution in [0.4, 0.5) is 0 Å². The van der Waals surface area contributed by atoms with Crippen molar-refractivity contribution in [3.05, 3.63) is 48.6 Å². The summed E-state index contributed by atoms with van der Waals surface area (Å²) in [5.41, 5.74) is 0. The van der Waals surface area contributed by atoms with Crippen molar-refractivity contribution < 1.29 is 38.2 Å². The molecule has 0 aliphatic carbocycles. The van der Waals surface area contributed by atoms with Crippen LogP contribution in [0.1, 0.15) is 117 Å². The lowest BCUT2D eigenvalue weighted by Crippen LogP contribution is -2.50. The standard InChI is InChI=1S/C37H63NO7/c1-6-8-10-12-14-15-16-17-18-19-20-22-24-26-28-36(40)45-33(31-43-30-29-34(37(41)42)38(3,4)5)32-44-35(39)27-25-23-21-13-11-9-7-2/h8-11,14-15,21,23,33-34H,6-7,12-13,16-20,22,24-32H2,1-5H3/p+1/b10-8+,11-9+,15-14+,23-21+. The molecule has 0 saturated carbocycles. The zero-order valence-corrected chi connectivity index (χ0v) is 29.1. The summed E-state index contributed by atoms with van der Waals surface area (Å²) in [7, 11) is 5.48. The molecule has 0 rings (SSSR count). The molecule has 0 spiro atoms. The minimum Gasteiger partial charge on any atom is -0.477 e. The minimum atomic E-state index is -0.887. The van der Waals surface area contributed by atoms with Gasteiger partial charge in [0.2, 0.25) is 0 Å². The molecule has 0 saturated heterocycles. The fourth-order valence-corrected chi connectivity index (χ4v) is 4.60. The van der Waals surface area contributed by atoms with Gasteiger partial charge in [-0.2, -0.15) is 0 Å². The Morgan fingerprint density at radius 1 is 0.667 bits per heavy atom.